The Morgan fingerprint density at radius 1 is 1.88 bits per heavy atom. The molecular formula is C2H6N2O3S. The summed E-state index contributed by atoms with van der Waals surface area (Å²) in [6.45, 7) is 0. The van der Waals surface area contributed by atoms with Crippen LogP contribution in [-0.2, 0) is 15.4 Å². The van der Waals surface area contributed by atoms with Crippen molar-refractivity contribution in [3.8, 4) is 0 Å². The molecule has 1 atom stereocenters. The highest BCUT2D eigenvalue weighted by Gasteiger charge is 1.97. The second-order valence-electron chi connectivity index (χ2n) is 0.841. The Morgan fingerprint density at radius 2 is 2.38 bits per heavy atom. The second kappa shape index (κ2) is 3.39. The van der Waals surface area contributed by atoms with E-state index in [0.717, 1.165) is 0 Å². The number of rotatable bonds is 2. The van der Waals surface area contributed by atoms with Gasteiger partial charge in [-0.25, -0.2) is 9.52 Å². The van der Waals surface area contributed by atoms with Crippen LogP contribution in [0.2, 0.25) is 0 Å². The second-order valence-corrected chi connectivity index (χ2v) is 1.89. The Kier molecular flexibility index (Phi) is 3.13. The third-order valence-electron chi connectivity index (χ3n) is 0.324. The molecule has 5 nitrogen and oxygen atoms in total. The third kappa shape index (κ3) is 3.57. The predicted octanol–water partition coefficient (Wildman–Crippen LogP) is -1.12. The molecule has 0 saturated heterocycles. The molecule has 0 aliphatic carbocycles. The minimum atomic E-state index is -1.78. The van der Waals surface area contributed by atoms with Crippen molar-refractivity contribution in [2.24, 2.45) is 5.73 Å². The Bertz CT molecular complexity index is 114. The van der Waals surface area contributed by atoms with E-state index < -0.39 is 17.4 Å². The van der Waals surface area contributed by atoms with Crippen LogP contribution in [0, 0.1) is 0 Å². The van der Waals surface area contributed by atoms with E-state index >= 15 is 0 Å². The van der Waals surface area contributed by atoms with Crippen molar-refractivity contribution < 1.29 is 13.2 Å². The van der Waals surface area contributed by atoms with Crippen molar-refractivity contribution >= 4 is 17.4 Å². The summed E-state index contributed by atoms with van der Waals surface area (Å²) in [5, 5.41) is 0. The lowest BCUT2D eigenvalue weighted by molar-refractivity contribution is 0.215. The number of nitrogens with one attached hydrogen (secondary N) is 1. The maximum atomic E-state index is 10.1. The van der Waals surface area contributed by atoms with E-state index in [0.29, 0.717) is 0 Å². The van der Waals surface area contributed by atoms with Crippen molar-refractivity contribution in [3.05, 3.63) is 0 Å². The zero-order valence-electron chi connectivity index (χ0n) is 4.21. The fourth-order valence-corrected chi connectivity index (χ4v) is 0.349. The summed E-state index contributed by atoms with van der Waals surface area (Å²) in [6, 6.07) is 0. The first-order chi connectivity index (χ1) is 3.66. The first-order valence-electron chi connectivity index (χ1n) is 1.73. The molecule has 0 heterocycles. The molecule has 0 aromatic carbocycles. The molecule has 0 spiro atoms. The smallest absolute Gasteiger partial charge is 0.335 e. The van der Waals surface area contributed by atoms with E-state index in [4.69, 9.17) is 0 Å². The molecule has 1 amide bonds. The molecule has 8 heavy (non-hydrogen) atoms. The van der Waals surface area contributed by atoms with Gasteiger partial charge in [0.15, 0.2) is 0 Å². The van der Waals surface area contributed by atoms with Gasteiger partial charge in [-0.3, -0.25) is 0 Å². The molecule has 0 aromatic rings. The van der Waals surface area contributed by atoms with Crippen LogP contribution >= 0.6 is 0 Å². The minimum absolute atomic E-state index is 1.06. The van der Waals surface area contributed by atoms with Gasteiger partial charge in [0.05, 0.1) is 0 Å². The van der Waals surface area contributed by atoms with Gasteiger partial charge < -0.3 is 9.92 Å². The normalized spacial score (nSPS) is 12.6. The molecule has 3 N–H and O–H groups in total. The number of primary amides is 1. The molecule has 0 radical (unpaired) electrons. The average molecular weight is 138 g/mol. The van der Waals surface area contributed by atoms with Crippen molar-refractivity contribution in [3.63, 3.8) is 0 Å². The van der Waals surface area contributed by atoms with Crippen molar-refractivity contribution in [2.75, 3.05) is 7.05 Å². The number of hydrogen-bond acceptors (Lipinski definition) is 3. The van der Waals surface area contributed by atoms with E-state index in [2.05, 4.69) is 14.6 Å². The summed E-state index contributed by atoms with van der Waals surface area (Å²) >= 11 is -1.78. The first kappa shape index (κ1) is 7.38. The van der Waals surface area contributed by atoms with Gasteiger partial charge in [-0.05, 0) is 7.05 Å². The Balaban J connectivity index is 3.40. The van der Waals surface area contributed by atoms with Crippen molar-refractivity contribution in [1.82, 2.24) is 4.72 Å². The van der Waals surface area contributed by atoms with Crippen LogP contribution in [-0.4, -0.2) is 17.3 Å². The molecule has 6 heteroatoms. The highest BCUT2D eigenvalue weighted by atomic mass is 32.2. The van der Waals surface area contributed by atoms with Gasteiger partial charge >= 0.3 is 6.09 Å². The van der Waals surface area contributed by atoms with Crippen LogP contribution in [0.5, 0.6) is 0 Å². The molecule has 0 aliphatic heterocycles. The summed E-state index contributed by atoms with van der Waals surface area (Å²) < 4.78 is 16.1. The fraction of sp³-hybridized carbons (Fsp3) is 0.500. The molecule has 0 saturated carbocycles. The molecule has 0 aliphatic rings. The van der Waals surface area contributed by atoms with Crippen LogP contribution in [0.4, 0.5) is 4.79 Å². The predicted molar refractivity (Wildman–Crippen MR) is 27.9 cm³/mol. The monoisotopic (exact) mass is 138 g/mol. The molecule has 48 valence electrons. The van der Waals surface area contributed by atoms with E-state index in [1.54, 1.807) is 0 Å². The maximum absolute atomic E-state index is 10.1. The van der Waals surface area contributed by atoms with Gasteiger partial charge in [0.1, 0.15) is 0 Å². The number of amides is 1. The molecule has 1 unspecified atom stereocenters. The van der Waals surface area contributed by atoms with E-state index in [-0.39, 0.29) is 0 Å². The lowest BCUT2D eigenvalue weighted by Crippen LogP contribution is -2.21. The number of carbonyl (C=O) groups is 1. The highest BCUT2D eigenvalue weighted by molar-refractivity contribution is 7.78. The van der Waals surface area contributed by atoms with Crippen LogP contribution in [0.3, 0.4) is 0 Å². The number of nitrogens with two attached hydrogens (primary N) is 1. The molecule has 0 bridgehead atoms. The molecular weight excluding hydrogens is 132 g/mol. The fourth-order valence-electron chi connectivity index (χ4n) is 0.116. The number of carbonyl (C=O) groups excluding carboxylic acids is 1. The third-order valence-corrected chi connectivity index (χ3v) is 0.973. The summed E-state index contributed by atoms with van der Waals surface area (Å²) in [6.07, 6.45) is -1.06. The molecule has 0 fully saturated rings. The lowest BCUT2D eigenvalue weighted by Gasteiger charge is -1.93. The summed E-state index contributed by atoms with van der Waals surface area (Å²) in [7, 11) is 1.37. The quantitative estimate of drug-likeness (QED) is 0.507. The van der Waals surface area contributed by atoms with E-state index in [9.17, 15) is 9.00 Å². The van der Waals surface area contributed by atoms with Gasteiger partial charge in [0, 0.05) is 0 Å². The van der Waals surface area contributed by atoms with Crippen LogP contribution in [0.15, 0.2) is 0 Å². The topological polar surface area (TPSA) is 81.4 Å². The van der Waals surface area contributed by atoms with Gasteiger partial charge in [-0.2, -0.15) is 4.21 Å². The lowest BCUT2D eigenvalue weighted by atomic mass is 11.3. The Morgan fingerprint density at radius 3 is 2.50 bits per heavy atom. The highest BCUT2D eigenvalue weighted by Crippen LogP contribution is 1.74. The molecule has 0 rings (SSSR count). The van der Waals surface area contributed by atoms with E-state index in [1.807, 2.05) is 0 Å². The zero-order chi connectivity index (χ0) is 6.57. The van der Waals surface area contributed by atoms with Gasteiger partial charge in [0.25, 0.3) is 11.3 Å². The Hall–Kier alpha value is -0.620. The Labute approximate surface area is 49.0 Å². The first-order valence-corrected chi connectivity index (χ1v) is 2.81. The number of hydrogen-bond donors (Lipinski definition) is 2. The van der Waals surface area contributed by atoms with Crippen LogP contribution in [0.25, 0.3) is 0 Å². The van der Waals surface area contributed by atoms with Crippen molar-refractivity contribution in [1.29, 1.82) is 0 Å². The maximum Gasteiger partial charge on any atom is 0.419 e. The summed E-state index contributed by atoms with van der Waals surface area (Å²) in [5.41, 5.74) is 4.47. The SMILES string of the molecule is CNS(=O)OC(N)=O. The van der Waals surface area contributed by atoms with Crippen molar-refractivity contribution in [2.45, 2.75) is 0 Å². The summed E-state index contributed by atoms with van der Waals surface area (Å²) in [5.74, 6) is 0. The summed E-state index contributed by atoms with van der Waals surface area (Å²) in [4.78, 5) is 9.74. The molecule has 0 aromatic heterocycles. The zero-order valence-corrected chi connectivity index (χ0v) is 5.03. The van der Waals surface area contributed by atoms with Crippen LogP contribution < -0.4 is 10.5 Å². The standard InChI is InChI=1S/C2H6N2O3S/c1-4-8(6)7-2(3)5/h4H,1H3,(H2,3,5). The largest absolute Gasteiger partial charge is 0.419 e. The minimum Gasteiger partial charge on any atom is -0.335 e. The van der Waals surface area contributed by atoms with Gasteiger partial charge in [0.2, 0.25) is 0 Å². The van der Waals surface area contributed by atoms with Crippen LogP contribution in [0.1, 0.15) is 0 Å². The van der Waals surface area contributed by atoms with E-state index in [1.165, 1.54) is 7.05 Å². The van der Waals surface area contributed by atoms with Gasteiger partial charge in [-0.15, -0.1) is 0 Å². The average Bonchev–Trinajstić information content (AvgIpc) is 1.65. The van der Waals surface area contributed by atoms with Gasteiger partial charge in [-0.1, -0.05) is 0 Å².